The van der Waals surface area contributed by atoms with E-state index in [1.165, 1.54) is 5.56 Å². The summed E-state index contributed by atoms with van der Waals surface area (Å²) in [5.74, 6) is 1.81. The minimum atomic E-state index is -0.364. The van der Waals surface area contributed by atoms with Crippen LogP contribution in [-0.4, -0.2) is 40.9 Å². The summed E-state index contributed by atoms with van der Waals surface area (Å²) in [5, 5.41) is 9.80. The molecule has 2 atom stereocenters. The van der Waals surface area contributed by atoms with Gasteiger partial charge in [0.1, 0.15) is 0 Å². The van der Waals surface area contributed by atoms with Crippen molar-refractivity contribution in [2.45, 2.75) is 25.2 Å². The second-order valence-corrected chi connectivity index (χ2v) is 6.14. The summed E-state index contributed by atoms with van der Waals surface area (Å²) < 4.78 is 0. The Balaban J connectivity index is 1.73. The second-order valence-electron chi connectivity index (χ2n) is 5.15. The van der Waals surface area contributed by atoms with Crippen molar-refractivity contribution in [2.24, 2.45) is 5.92 Å². The van der Waals surface area contributed by atoms with Crippen molar-refractivity contribution in [1.82, 2.24) is 4.90 Å². The van der Waals surface area contributed by atoms with Gasteiger partial charge in [0.2, 0.25) is 5.91 Å². The molecule has 0 aromatic heterocycles. The van der Waals surface area contributed by atoms with Gasteiger partial charge in [0, 0.05) is 18.8 Å². The number of carbonyl (C=O) groups excluding carboxylic acids is 1. The number of piperidine rings is 1. The van der Waals surface area contributed by atoms with Crippen LogP contribution in [0, 0.1) is 5.92 Å². The Labute approximate surface area is 119 Å². The average Bonchev–Trinajstić information content (AvgIpc) is 2.43. The van der Waals surface area contributed by atoms with Gasteiger partial charge in [-0.15, -0.1) is 11.8 Å². The molecule has 2 rings (SSSR count). The lowest BCUT2D eigenvalue weighted by Gasteiger charge is -2.34. The zero-order chi connectivity index (χ0) is 13.7. The first-order chi connectivity index (χ1) is 9.16. The third-order valence-corrected chi connectivity index (χ3v) is 4.60. The predicted octanol–water partition coefficient (Wildman–Crippen LogP) is 2.15. The van der Waals surface area contributed by atoms with Crippen LogP contribution in [0.1, 0.15) is 18.9 Å². The molecule has 19 heavy (non-hydrogen) atoms. The number of aliphatic hydroxyl groups excluding tert-OH is 1. The van der Waals surface area contributed by atoms with Crippen LogP contribution in [0.2, 0.25) is 0 Å². The minimum absolute atomic E-state index is 0.145. The monoisotopic (exact) mass is 279 g/mol. The molecule has 3 nitrogen and oxygen atoms in total. The number of rotatable bonds is 4. The SMILES string of the molecule is CC1CCN(C(=O)CSCc2ccccc2)CC1O. The molecule has 1 amide bonds. The smallest absolute Gasteiger partial charge is 0.232 e. The van der Waals surface area contributed by atoms with E-state index >= 15 is 0 Å². The fourth-order valence-corrected chi connectivity index (χ4v) is 3.08. The summed E-state index contributed by atoms with van der Waals surface area (Å²) in [7, 11) is 0. The average molecular weight is 279 g/mol. The molecule has 0 saturated carbocycles. The van der Waals surface area contributed by atoms with Crippen molar-refractivity contribution in [2.75, 3.05) is 18.8 Å². The lowest BCUT2D eigenvalue weighted by Crippen LogP contribution is -2.46. The number of aliphatic hydroxyl groups is 1. The van der Waals surface area contributed by atoms with Crippen molar-refractivity contribution in [1.29, 1.82) is 0 Å². The maximum absolute atomic E-state index is 12.0. The maximum Gasteiger partial charge on any atom is 0.232 e. The molecule has 0 spiro atoms. The van der Waals surface area contributed by atoms with Crippen molar-refractivity contribution < 1.29 is 9.90 Å². The molecule has 1 heterocycles. The zero-order valence-electron chi connectivity index (χ0n) is 11.3. The van der Waals surface area contributed by atoms with E-state index in [1.54, 1.807) is 16.7 Å². The van der Waals surface area contributed by atoms with Crippen molar-refractivity contribution in [3.05, 3.63) is 35.9 Å². The Morgan fingerprint density at radius 1 is 1.42 bits per heavy atom. The standard InChI is InChI=1S/C15H21NO2S/c1-12-7-8-16(9-14(12)17)15(18)11-19-10-13-5-3-2-4-6-13/h2-6,12,14,17H,7-11H2,1H3. The highest BCUT2D eigenvalue weighted by molar-refractivity contribution is 7.99. The van der Waals surface area contributed by atoms with E-state index in [1.807, 2.05) is 25.1 Å². The summed E-state index contributed by atoms with van der Waals surface area (Å²) in [6, 6.07) is 10.2. The van der Waals surface area contributed by atoms with Crippen LogP contribution in [0.4, 0.5) is 0 Å². The van der Waals surface area contributed by atoms with E-state index in [9.17, 15) is 9.90 Å². The fraction of sp³-hybridized carbons (Fsp3) is 0.533. The highest BCUT2D eigenvalue weighted by atomic mass is 32.2. The normalized spacial score (nSPS) is 23.4. The zero-order valence-corrected chi connectivity index (χ0v) is 12.1. The van der Waals surface area contributed by atoms with E-state index in [4.69, 9.17) is 0 Å². The molecule has 1 fully saturated rings. The van der Waals surface area contributed by atoms with Gasteiger partial charge >= 0.3 is 0 Å². The van der Waals surface area contributed by atoms with E-state index in [0.29, 0.717) is 18.2 Å². The van der Waals surface area contributed by atoms with Gasteiger partial charge < -0.3 is 10.0 Å². The lowest BCUT2D eigenvalue weighted by molar-refractivity contribution is -0.132. The summed E-state index contributed by atoms with van der Waals surface area (Å²) in [5.41, 5.74) is 1.24. The molecule has 0 aliphatic carbocycles. The van der Waals surface area contributed by atoms with Crippen LogP contribution in [0.3, 0.4) is 0 Å². The summed E-state index contributed by atoms with van der Waals surface area (Å²) in [4.78, 5) is 13.8. The summed E-state index contributed by atoms with van der Waals surface area (Å²) in [6.45, 7) is 3.31. The largest absolute Gasteiger partial charge is 0.391 e. The third kappa shape index (κ3) is 4.25. The first-order valence-corrected chi connectivity index (χ1v) is 7.90. The molecule has 1 aliphatic rings. The molecule has 0 radical (unpaired) electrons. The first kappa shape index (κ1) is 14.4. The number of amides is 1. The Morgan fingerprint density at radius 3 is 2.84 bits per heavy atom. The molecule has 2 unspecified atom stereocenters. The van der Waals surface area contributed by atoms with Crippen LogP contribution < -0.4 is 0 Å². The molecule has 104 valence electrons. The molecular formula is C15H21NO2S. The van der Waals surface area contributed by atoms with Crippen LogP contribution >= 0.6 is 11.8 Å². The molecule has 1 saturated heterocycles. The number of carbonyl (C=O) groups is 1. The van der Waals surface area contributed by atoms with Gasteiger partial charge in [-0.05, 0) is 17.9 Å². The topological polar surface area (TPSA) is 40.5 Å². The molecule has 1 N–H and O–H groups in total. The van der Waals surface area contributed by atoms with E-state index in [0.717, 1.165) is 18.7 Å². The Hall–Kier alpha value is -1.00. The van der Waals surface area contributed by atoms with Gasteiger partial charge in [0.25, 0.3) is 0 Å². The van der Waals surface area contributed by atoms with Crippen LogP contribution in [-0.2, 0) is 10.5 Å². The van der Waals surface area contributed by atoms with Gasteiger partial charge in [0.05, 0.1) is 11.9 Å². The van der Waals surface area contributed by atoms with Gasteiger partial charge in [-0.2, -0.15) is 0 Å². The van der Waals surface area contributed by atoms with Gasteiger partial charge in [-0.25, -0.2) is 0 Å². The number of benzene rings is 1. The molecular weight excluding hydrogens is 258 g/mol. The number of hydrogen-bond donors (Lipinski definition) is 1. The lowest BCUT2D eigenvalue weighted by atomic mass is 9.96. The summed E-state index contributed by atoms with van der Waals surface area (Å²) in [6.07, 6.45) is 0.535. The number of hydrogen-bond acceptors (Lipinski definition) is 3. The minimum Gasteiger partial charge on any atom is -0.391 e. The summed E-state index contributed by atoms with van der Waals surface area (Å²) >= 11 is 1.64. The predicted molar refractivity (Wildman–Crippen MR) is 79.0 cm³/mol. The van der Waals surface area contributed by atoms with Crippen LogP contribution in [0.5, 0.6) is 0 Å². The second kappa shape index (κ2) is 6.96. The van der Waals surface area contributed by atoms with Gasteiger partial charge in [-0.1, -0.05) is 37.3 Å². The van der Waals surface area contributed by atoms with Crippen molar-refractivity contribution in [3.63, 3.8) is 0 Å². The fourth-order valence-electron chi connectivity index (χ4n) is 2.20. The highest BCUT2D eigenvalue weighted by Crippen LogP contribution is 2.19. The number of β-amino-alcohol motifs (C(OH)–C–C–N with tert-alkyl or cyclic N) is 1. The Bertz CT molecular complexity index is 410. The molecule has 4 heteroatoms. The van der Waals surface area contributed by atoms with Crippen molar-refractivity contribution in [3.8, 4) is 0 Å². The molecule has 1 aromatic rings. The highest BCUT2D eigenvalue weighted by Gasteiger charge is 2.26. The number of nitrogens with zero attached hydrogens (tertiary/aromatic N) is 1. The molecule has 1 aromatic carbocycles. The van der Waals surface area contributed by atoms with E-state index < -0.39 is 0 Å². The maximum atomic E-state index is 12.0. The first-order valence-electron chi connectivity index (χ1n) is 6.74. The molecule has 1 aliphatic heterocycles. The molecule has 0 bridgehead atoms. The van der Waals surface area contributed by atoms with Gasteiger partial charge in [-0.3, -0.25) is 4.79 Å². The Morgan fingerprint density at radius 2 is 2.16 bits per heavy atom. The Kier molecular flexibility index (Phi) is 5.28. The van der Waals surface area contributed by atoms with E-state index in [-0.39, 0.29) is 12.0 Å². The van der Waals surface area contributed by atoms with E-state index in [2.05, 4.69) is 12.1 Å². The van der Waals surface area contributed by atoms with Gasteiger partial charge in [0.15, 0.2) is 0 Å². The quantitative estimate of drug-likeness (QED) is 0.918. The van der Waals surface area contributed by atoms with Crippen LogP contribution in [0.15, 0.2) is 30.3 Å². The number of likely N-dealkylation sites (tertiary alicyclic amines) is 1. The van der Waals surface area contributed by atoms with Crippen molar-refractivity contribution >= 4 is 17.7 Å². The van der Waals surface area contributed by atoms with Crippen LogP contribution in [0.25, 0.3) is 0 Å². The third-order valence-electron chi connectivity index (χ3n) is 3.61. The number of thioether (sulfide) groups is 1.